The molecule has 0 aliphatic carbocycles. The van der Waals surface area contributed by atoms with Crippen LogP contribution in [0.4, 0.5) is 0 Å². The maximum Gasteiger partial charge on any atom is 0.310 e. The van der Waals surface area contributed by atoms with E-state index in [4.69, 9.17) is 15.2 Å². The summed E-state index contributed by atoms with van der Waals surface area (Å²) in [6.45, 7) is 9.10. The number of carbonyl (C=O) groups excluding carboxylic acids is 1. The van der Waals surface area contributed by atoms with Gasteiger partial charge in [-0.15, -0.1) is 0 Å². The molecule has 0 spiro atoms. The molecule has 0 radical (unpaired) electrons. The Kier molecular flexibility index (Phi) is 4.24. The molecule has 0 aromatic heterocycles. The first-order chi connectivity index (χ1) is 9.99. The molecule has 2 rings (SSSR count). The number of hydrogen-bond acceptors (Lipinski definition) is 5. The van der Waals surface area contributed by atoms with Crippen molar-refractivity contribution < 1.29 is 19.4 Å². The Hall–Kier alpha value is -1.59. The summed E-state index contributed by atoms with van der Waals surface area (Å²) in [5, 5.41) is 10.2. The van der Waals surface area contributed by atoms with Crippen molar-refractivity contribution in [2.75, 3.05) is 0 Å². The van der Waals surface area contributed by atoms with Gasteiger partial charge in [0.1, 0.15) is 23.1 Å². The number of esters is 1. The molecule has 22 heavy (non-hydrogen) atoms. The Morgan fingerprint density at radius 1 is 1.41 bits per heavy atom. The molecule has 0 unspecified atom stereocenters. The minimum atomic E-state index is -0.809. The van der Waals surface area contributed by atoms with Crippen LogP contribution in [0.1, 0.15) is 51.8 Å². The lowest BCUT2D eigenvalue weighted by molar-refractivity contribution is -0.153. The molecule has 0 amide bonds. The highest BCUT2D eigenvalue weighted by Crippen LogP contribution is 2.39. The van der Waals surface area contributed by atoms with Gasteiger partial charge in [-0.25, -0.2) is 0 Å². The Morgan fingerprint density at radius 3 is 2.64 bits per heavy atom. The van der Waals surface area contributed by atoms with Crippen LogP contribution >= 0.6 is 0 Å². The normalized spacial score (nSPS) is 23.4. The van der Waals surface area contributed by atoms with Gasteiger partial charge in [0.25, 0.3) is 0 Å². The standard InChI is InChI=1S/C17H25NO4/c1-16(2,3)22-13(19)9-10-6-7-12-11(8-10)14(18)15(20)17(4,5)21-12/h6-8,14-15,20H,9,18H2,1-5H3/t14-,15+/m1/s1. The minimum Gasteiger partial charge on any atom is -0.485 e. The topological polar surface area (TPSA) is 81.8 Å². The molecule has 5 nitrogen and oxygen atoms in total. The van der Waals surface area contributed by atoms with Crippen LogP contribution in [0.2, 0.25) is 0 Å². The number of hydrogen-bond donors (Lipinski definition) is 2. The summed E-state index contributed by atoms with van der Waals surface area (Å²) in [6.07, 6.45) is -0.645. The lowest BCUT2D eigenvalue weighted by Crippen LogP contribution is -2.51. The van der Waals surface area contributed by atoms with Crippen molar-refractivity contribution in [3.05, 3.63) is 29.3 Å². The number of benzene rings is 1. The van der Waals surface area contributed by atoms with Crippen molar-refractivity contribution in [3.8, 4) is 5.75 Å². The number of rotatable bonds is 2. The minimum absolute atomic E-state index is 0.163. The zero-order valence-corrected chi connectivity index (χ0v) is 13.8. The zero-order chi connectivity index (χ0) is 16.7. The molecule has 1 heterocycles. The lowest BCUT2D eigenvalue weighted by atomic mass is 9.86. The summed E-state index contributed by atoms with van der Waals surface area (Å²) >= 11 is 0. The van der Waals surface area contributed by atoms with Gasteiger partial charge in [-0.2, -0.15) is 0 Å². The Morgan fingerprint density at radius 2 is 2.05 bits per heavy atom. The van der Waals surface area contributed by atoms with E-state index in [2.05, 4.69) is 0 Å². The molecule has 5 heteroatoms. The Balaban J connectivity index is 2.21. The zero-order valence-electron chi connectivity index (χ0n) is 13.8. The highest BCUT2D eigenvalue weighted by Gasteiger charge is 2.41. The van der Waals surface area contributed by atoms with Crippen LogP contribution in [-0.2, 0) is 16.0 Å². The van der Waals surface area contributed by atoms with Crippen molar-refractivity contribution in [2.24, 2.45) is 5.73 Å². The molecule has 0 saturated heterocycles. The van der Waals surface area contributed by atoms with Crippen LogP contribution in [0.25, 0.3) is 0 Å². The van der Waals surface area contributed by atoms with Gasteiger partial charge in [0, 0.05) is 5.56 Å². The largest absolute Gasteiger partial charge is 0.485 e. The highest BCUT2D eigenvalue weighted by atomic mass is 16.6. The van der Waals surface area contributed by atoms with Crippen LogP contribution in [0.5, 0.6) is 5.75 Å². The number of ether oxygens (including phenoxy) is 2. The van der Waals surface area contributed by atoms with E-state index >= 15 is 0 Å². The third kappa shape index (κ3) is 3.59. The summed E-state index contributed by atoms with van der Waals surface area (Å²) < 4.78 is 11.1. The molecule has 1 aromatic carbocycles. The van der Waals surface area contributed by atoms with Gasteiger partial charge in [-0.1, -0.05) is 6.07 Å². The van der Waals surface area contributed by atoms with Gasteiger partial charge in [-0.05, 0) is 52.3 Å². The molecule has 122 valence electrons. The van der Waals surface area contributed by atoms with Gasteiger partial charge < -0.3 is 20.3 Å². The van der Waals surface area contributed by atoms with Crippen LogP contribution < -0.4 is 10.5 Å². The number of carbonyl (C=O) groups is 1. The van der Waals surface area contributed by atoms with E-state index in [1.54, 1.807) is 19.9 Å². The fourth-order valence-corrected chi connectivity index (χ4v) is 2.55. The van der Waals surface area contributed by atoms with Gasteiger partial charge in [0.05, 0.1) is 12.5 Å². The van der Waals surface area contributed by atoms with Crippen LogP contribution in [-0.4, -0.2) is 28.4 Å². The molecule has 3 N–H and O–H groups in total. The summed E-state index contributed by atoms with van der Waals surface area (Å²) in [4.78, 5) is 11.9. The maximum absolute atomic E-state index is 11.9. The van der Waals surface area contributed by atoms with Crippen molar-refractivity contribution in [3.63, 3.8) is 0 Å². The van der Waals surface area contributed by atoms with E-state index in [0.717, 1.165) is 5.56 Å². The van der Waals surface area contributed by atoms with E-state index in [0.29, 0.717) is 11.3 Å². The first kappa shape index (κ1) is 16.8. The third-order valence-electron chi connectivity index (χ3n) is 3.63. The fourth-order valence-electron chi connectivity index (χ4n) is 2.55. The van der Waals surface area contributed by atoms with E-state index in [1.807, 2.05) is 32.9 Å². The molecule has 0 saturated carbocycles. The summed E-state index contributed by atoms with van der Waals surface area (Å²) in [6, 6.07) is 4.88. The average Bonchev–Trinajstić information content (AvgIpc) is 2.34. The molecule has 2 atom stereocenters. The van der Waals surface area contributed by atoms with Crippen molar-refractivity contribution in [1.82, 2.24) is 0 Å². The first-order valence-corrected chi connectivity index (χ1v) is 7.47. The number of aliphatic hydroxyl groups excluding tert-OH is 1. The van der Waals surface area contributed by atoms with E-state index < -0.39 is 23.3 Å². The van der Waals surface area contributed by atoms with E-state index in [1.165, 1.54) is 0 Å². The molecule has 0 bridgehead atoms. The fraction of sp³-hybridized carbons (Fsp3) is 0.588. The SMILES string of the molecule is CC(C)(C)OC(=O)Cc1ccc2c(c1)[C@@H](N)[C@H](O)C(C)(C)O2. The number of fused-ring (bicyclic) bond motifs is 1. The first-order valence-electron chi connectivity index (χ1n) is 7.47. The predicted molar refractivity (Wildman–Crippen MR) is 83.6 cm³/mol. The van der Waals surface area contributed by atoms with Gasteiger partial charge in [-0.3, -0.25) is 4.79 Å². The van der Waals surface area contributed by atoms with Gasteiger partial charge in [0.2, 0.25) is 0 Å². The monoisotopic (exact) mass is 307 g/mol. The molecule has 0 fully saturated rings. The molecular formula is C17H25NO4. The average molecular weight is 307 g/mol. The van der Waals surface area contributed by atoms with Crippen molar-refractivity contribution >= 4 is 5.97 Å². The second-order valence-electron chi connectivity index (χ2n) is 7.31. The maximum atomic E-state index is 11.9. The Bertz CT molecular complexity index is 575. The summed E-state index contributed by atoms with van der Waals surface area (Å²) in [5.41, 5.74) is 6.38. The summed E-state index contributed by atoms with van der Waals surface area (Å²) in [7, 11) is 0. The second-order valence-corrected chi connectivity index (χ2v) is 7.31. The molecular weight excluding hydrogens is 282 g/mol. The van der Waals surface area contributed by atoms with Crippen LogP contribution in [0, 0.1) is 0 Å². The molecule has 1 aliphatic heterocycles. The number of aliphatic hydroxyl groups is 1. The van der Waals surface area contributed by atoms with Crippen molar-refractivity contribution in [2.45, 2.75) is 64.4 Å². The van der Waals surface area contributed by atoms with Gasteiger partial charge in [0.15, 0.2) is 0 Å². The Labute approximate surface area is 131 Å². The van der Waals surface area contributed by atoms with Crippen molar-refractivity contribution in [1.29, 1.82) is 0 Å². The molecule has 1 aliphatic rings. The van der Waals surface area contributed by atoms with Crippen LogP contribution in [0.15, 0.2) is 18.2 Å². The quantitative estimate of drug-likeness (QED) is 0.818. The lowest BCUT2D eigenvalue weighted by Gasteiger charge is -2.40. The molecule has 1 aromatic rings. The highest BCUT2D eigenvalue weighted by molar-refractivity contribution is 5.73. The predicted octanol–water partition coefficient (Wildman–Crippen LogP) is 2.10. The van der Waals surface area contributed by atoms with E-state index in [9.17, 15) is 9.90 Å². The second kappa shape index (κ2) is 5.56. The summed E-state index contributed by atoms with van der Waals surface area (Å²) in [5.74, 6) is 0.356. The van der Waals surface area contributed by atoms with Crippen LogP contribution in [0.3, 0.4) is 0 Å². The van der Waals surface area contributed by atoms with Gasteiger partial charge >= 0.3 is 5.97 Å². The smallest absolute Gasteiger partial charge is 0.310 e. The van der Waals surface area contributed by atoms with E-state index in [-0.39, 0.29) is 12.4 Å². The number of nitrogens with two attached hydrogens (primary N) is 1. The third-order valence-corrected chi connectivity index (χ3v) is 3.63.